The number of nitrogens with zero attached hydrogens (tertiary/aromatic N) is 2. The number of nitrogens with one attached hydrogen (secondary N) is 1. The van der Waals surface area contributed by atoms with Crippen LogP contribution in [0.15, 0.2) is 29.3 Å². The van der Waals surface area contributed by atoms with Crippen molar-refractivity contribution in [3.05, 3.63) is 34.9 Å². The van der Waals surface area contributed by atoms with Crippen molar-refractivity contribution >= 4 is 23.5 Å². The van der Waals surface area contributed by atoms with Crippen LogP contribution in [0.4, 0.5) is 0 Å². The van der Waals surface area contributed by atoms with E-state index in [4.69, 9.17) is 16.3 Å². The molecule has 0 radical (unpaired) electrons. The van der Waals surface area contributed by atoms with Crippen molar-refractivity contribution in [2.24, 2.45) is 10.9 Å². The summed E-state index contributed by atoms with van der Waals surface area (Å²) < 4.78 is 4.83. The molecular formula is C18H26ClN3O2. The van der Waals surface area contributed by atoms with E-state index in [2.05, 4.69) is 21.3 Å². The standard InChI is InChI=1S/C18H26ClN3O2/c1-20-18(22-12-9-15(10-13-22)17(23)24-2)21-11-5-7-14-6-3-4-8-16(14)19/h3-4,6,8,15H,5,7,9-13H2,1-2H3,(H,20,21). The van der Waals surface area contributed by atoms with Gasteiger partial charge in [0.25, 0.3) is 0 Å². The molecule has 1 aromatic carbocycles. The van der Waals surface area contributed by atoms with Crippen LogP contribution in [0, 0.1) is 5.92 Å². The Hall–Kier alpha value is -1.75. The summed E-state index contributed by atoms with van der Waals surface area (Å²) in [4.78, 5) is 18.1. The highest BCUT2D eigenvalue weighted by Gasteiger charge is 2.26. The smallest absolute Gasteiger partial charge is 0.308 e. The van der Waals surface area contributed by atoms with Gasteiger partial charge in [0, 0.05) is 31.7 Å². The molecule has 6 heteroatoms. The number of aryl methyl sites for hydroxylation is 1. The van der Waals surface area contributed by atoms with E-state index < -0.39 is 0 Å². The third kappa shape index (κ3) is 5.13. The van der Waals surface area contributed by atoms with Crippen molar-refractivity contribution in [2.75, 3.05) is 33.8 Å². The van der Waals surface area contributed by atoms with Crippen LogP contribution in [0.3, 0.4) is 0 Å². The summed E-state index contributed by atoms with van der Waals surface area (Å²) in [7, 11) is 3.25. The molecule has 1 saturated heterocycles. The first-order chi connectivity index (χ1) is 11.7. The summed E-state index contributed by atoms with van der Waals surface area (Å²) in [6.45, 7) is 2.49. The zero-order chi connectivity index (χ0) is 17.4. The fourth-order valence-electron chi connectivity index (χ4n) is 3.01. The molecule has 0 aromatic heterocycles. The molecule has 1 fully saturated rings. The van der Waals surface area contributed by atoms with Crippen molar-refractivity contribution in [2.45, 2.75) is 25.7 Å². The van der Waals surface area contributed by atoms with Gasteiger partial charge in [-0.05, 0) is 37.3 Å². The average molecular weight is 352 g/mol. The van der Waals surface area contributed by atoms with E-state index in [1.807, 2.05) is 18.2 Å². The normalized spacial score (nSPS) is 16.1. The Morgan fingerprint density at radius 1 is 1.38 bits per heavy atom. The summed E-state index contributed by atoms with van der Waals surface area (Å²) in [5.41, 5.74) is 1.18. The molecule has 1 aliphatic rings. The number of guanidine groups is 1. The molecule has 0 saturated carbocycles. The van der Waals surface area contributed by atoms with Crippen LogP contribution >= 0.6 is 11.6 Å². The van der Waals surface area contributed by atoms with Gasteiger partial charge in [-0.3, -0.25) is 9.79 Å². The molecule has 1 heterocycles. The third-order valence-corrected chi connectivity index (χ3v) is 4.77. The van der Waals surface area contributed by atoms with Crippen LogP contribution in [-0.4, -0.2) is 50.6 Å². The minimum Gasteiger partial charge on any atom is -0.469 e. The first-order valence-electron chi connectivity index (χ1n) is 8.42. The summed E-state index contributed by atoms with van der Waals surface area (Å²) in [6, 6.07) is 7.95. The number of aliphatic imine (C=N–C) groups is 1. The van der Waals surface area contributed by atoms with Crippen molar-refractivity contribution < 1.29 is 9.53 Å². The maximum atomic E-state index is 11.6. The van der Waals surface area contributed by atoms with Crippen LogP contribution in [0.5, 0.6) is 0 Å². The molecule has 1 aromatic rings. The van der Waals surface area contributed by atoms with Gasteiger partial charge in [-0.15, -0.1) is 0 Å². The van der Waals surface area contributed by atoms with Crippen LogP contribution < -0.4 is 5.32 Å². The van der Waals surface area contributed by atoms with E-state index in [1.54, 1.807) is 7.05 Å². The van der Waals surface area contributed by atoms with Gasteiger partial charge in [0.15, 0.2) is 5.96 Å². The van der Waals surface area contributed by atoms with E-state index in [0.29, 0.717) is 0 Å². The van der Waals surface area contributed by atoms with Crippen molar-refractivity contribution in [1.82, 2.24) is 10.2 Å². The monoisotopic (exact) mass is 351 g/mol. The number of hydrogen-bond donors (Lipinski definition) is 1. The number of piperidine rings is 1. The lowest BCUT2D eigenvalue weighted by Crippen LogP contribution is -2.46. The molecule has 0 spiro atoms. The molecule has 132 valence electrons. The fraction of sp³-hybridized carbons (Fsp3) is 0.556. The summed E-state index contributed by atoms with van der Waals surface area (Å²) in [5, 5.41) is 4.23. The van der Waals surface area contributed by atoms with Crippen LogP contribution in [0.2, 0.25) is 5.02 Å². The zero-order valence-electron chi connectivity index (χ0n) is 14.4. The second-order valence-electron chi connectivity index (χ2n) is 5.95. The van der Waals surface area contributed by atoms with Crippen LogP contribution in [0.25, 0.3) is 0 Å². The first-order valence-corrected chi connectivity index (χ1v) is 8.80. The lowest BCUT2D eigenvalue weighted by atomic mass is 9.97. The number of rotatable bonds is 5. The molecule has 24 heavy (non-hydrogen) atoms. The second-order valence-corrected chi connectivity index (χ2v) is 6.36. The average Bonchev–Trinajstić information content (AvgIpc) is 2.63. The predicted octanol–water partition coefficient (Wildman–Crippen LogP) is 2.73. The molecule has 1 N–H and O–H groups in total. The van der Waals surface area contributed by atoms with E-state index in [9.17, 15) is 4.79 Å². The van der Waals surface area contributed by atoms with E-state index >= 15 is 0 Å². The number of likely N-dealkylation sites (tertiary alicyclic amines) is 1. The van der Waals surface area contributed by atoms with Gasteiger partial charge in [0.2, 0.25) is 0 Å². The van der Waals surface area contributed by atoms with E-state index in [-0.39, 0.29) is 11.9 Å². The number of benzene rings is 1. The molecule has 0 unspecified atom stereocenters. The molecule has 5 nitrogen and oxygen atoms in total. The molecule has 0 aliphatic carbocycles. The summed E-state index contributed by atoms with van der Waals surface area (Å²) in [6.07, 6.45) is 3.55. The van der Waals surface area contributed by atoms with E-state index in [1.165, 1.54) is 12.7 Å². The molecule has 2 rings (SSSR count). The number of halogens is 1. The second kappa shape index (κ2) is 9.52. The Kier molecular flexibility index (Phi) is 7.37. The van der Waals surface area contributed by atoms with Gasteiger partial charge in [0.1, 0.15) is 0 Å². The molecular weight excluding hydrogens is 326 g/mol. The van der Waals surface area contributed by atoms with Gasteiger partial charge >= 0.3 is 5.97 Å². The topological polar surface area (TPSA) is 53.9 Å². The molecule has 0 amide bonds. The maximum absolute atomic E-state index is 11.6. The molecule has 0 atom stereocenters. The quantitative estimate of drug-likeness (QED) is 0.383. The Labute approximate surface area is 149 Å². The van der Waals surface area contributed by atoms with Crippen LogP contribution in [-0.2, 0) is 16.0 Å². The Morgan fingerprint density at radius 3 is 2.71 bits per heavy atom. The van der Waals surface area contributed by atoms with Crippen molar-refractivity contribution in [1.29, 1.82) is 0 Å². The Morgan fingerprint density at radius 2 is 2.08 bits per heavy atom. The predicted molar refractivity (Wildman–Crippen MR) is 97.4 cm³/mol. The number of ether oxygens (including phenoxy) is 1. The summed E-state index contributed by atoms with van der Waals surface area (Å²) >= 11 is 6.18. The van der Waals surface area contributed by atoms with Gasteiger partial charge in [-0.1, -0.05) is 29.8 Å². The number of esters is 1. The number of hydrogen-bond acceptors (Lipinski definition) is 3. The Bertz CT molecular complexity index is 569. The van der Waals surface area contributed by atoms with Gasteiger partial charge in [-0.2, -0.15) is 0 Å². The number of methoxy groups -OCH3 is 1. The van der Waals surface area contributed by atoms with Gasteiger partial charge in [-0.25, -0.2) is 0 Å². The highest BCUT2D eigenvalue weighted by Crippen LogP contribution is 2.19. The first kappa shape index (κ1) is 18.6. The lowest BCUT2D eigenvalue weighted by molar-refractivity contribution is -0.146. The van der Waals surface area contributed by atoms with Gasteiger partial charge < -0.3 is 15.0 Å². The number of carbonyl (C=O) groups is 1. The van der Waals surface area contributed by atoms with Crippen molar-refractivity contribution in [3.63, 3.8) is 0 Å². The highest BCUT2D eigenvalue weighted by molar-refractivity contribution is 6.31. The SMILES string of the molecule is CN=C(NCCCc1ccccc1Cl)N1CCC(C(=O)OC)CC1. The highest BCUT2D eigenvalue weighted by atomic mass is 35.5. The summed E-state index contributed by atoms with van der Waals surface area (Å²) in [5.74, 6) is 0.819. The lowest BCUT2D eigenvalue weighted by Gasteiger charge is -2.33. The fourth-order valence-corrected chi connectivity index (χ4v) is 3.24. The minimum absolute atomic E-state index is 0.0181. The molecule has 0 bridgehead atoms. The largest absolute Gasteiger partial charge is 0.469 e. The molecule has 1 aliphatic heterocycles. The Balaban J connectivity index is 1.73. The number of carbonyl (C=O) groups excluding carboxylic acids is 1. The zero-order valence-corrected chi connectivity index (χ0v) is 15.2. The van der Waals surface area contributed by atoms with Gasteiger partial charge in [0.05, 0.1) is 13.0 Å². The van der Waals surface area contributed by atoms with E-state index in [0.717, 1.165) is 56.3 Å². The maximum Gasteiger partial charge on any atom is 0.308 e. The minimum atomic E-state index is -0.0997. The third-order valence-electron chi connectivity index (χ3n) is 4.40. The van der Waals surface area contributed by atoms with Crippen molar-refractivity contribution in [3.8, 4) is 0 Å². The van der Waals surface area contributed by atoms with Crippen LogP contribution in [0.1, 0.15) is 24.8 Å².